The van der Waals surface area contributed by atoms with E-state index in [-0.39, 0.29) is 6.42 Å². The van der Waals surface area contributed by atoms with Gasteiger partial charge in [0.15, 0.2) is 0 Å². The van der Waals surface area contributed by atoms with Gasteiger partial charge in [0.2, 0.25) is 15.9 Å². The Kier molecular flexibility index (Phi) is 6.68. The molecule has 3 aromatic heterocycles. The molecule has 0 bridgehead atoms. The van der Waals surface area contributed by atoms with E-state index in [2.05, 4.69) is 42.0 Å². The number of fused-ring (bicyclic) bond motifs is 2. The lowest BCUT2D eigenvalue weighted by Gasteiger charge is -2.06. The Morgan fingerprint density at radius 3 is 2.82 bits per heavy atom. The van der Waals surface area contributed by atoms with Crippen LogP contribution in [0.4, 0.5) is 0 Å². The number of imidazole rings is 1. The lowest BCUT2D eigenvalue weighted by Crippen LogP contribution is -2.29. The highest BCUT2D eigenvalue weighted by Crippen LogP contribution is 2.31. The summed E-state index contributed by atoms with van der Waals surface area (Å²) in [5.41, 5.74) is 5.82. The van der Waals surface area contributed by atoms with Crippen LogP contribution in [0.3, 0.4) is 0 Å². The number of benzene rings is 1. The van der Waals surface area contributed by atoms with Gasteiger partial charge >= 0.3 is 0 Å². The molecular weight excluding hydrogens is 470 g/mol. The molecule has 0 saturated heterocycles. The van der Waals surface area contributed by atoms with Crippen molar-refractivity contribution in [1.82, 2.24) is 18.7 Å². The molecule has 3 heterocycles. The lowest BCUT2D eigenvalue weighted by molar-refractivity contribution is -0.119. The Morgan fingerprint density at radius 2 is 2.09 bits per heavy atom. The van der Waals surface area contributed by atoms with Crippen molar-refractivity contribution in [1.29, 1.82) is 5.26 Å². The molecule has 0 atom stereocenters. The average Bonchev–Trinajstić information content (AvgIpc) is 3.27. The monoisotopic (exact) mass is 495 g/mol. The molecule has 0 unspecified atom stereocenters. The number of hydrogen-bond acceptors (Lipinski definition) is 6. The molecular formula is C24H25N5O3S2. The molecule has 4 aromatic rings. The van der Waals surface area contributed by atoms with Crippen molar-refractivity contribution in [3.05, 3.63) is 65.1 Å². The molecule has 8 nitrogen and oxygen atoms in total. The minimum absolute atomic E-state index is 0.115. The molecule has 0 fully saturated rings. The van der Waals surface area contributed by atoms with Crippen LogP contribution >= 0.6 is 11.8 Å². The Morgan fingerprint density at radius 1 is 1.29 bits per heavy atom. The molecule has 1 aromatic carbocycles. The van der Waals surface area contributed by atoms with Crippen LogP contribution in [-0.4, -0.2) is 40.3 Å². The maximum absolute atomic E-state index is 11.8. The van der Waals surface area contributed by atoms with Gasteiger partial charge in [-0.15, -0.1) is 11.8 Å². The van der Waals surface area contributed by atoms with Gasteiger partial charge in [0.1, 0.15) is 10.7 Å². The normalized spacial score (nSPS) is 11.7. The molecule has 1 amide bonds. The third kappa shape index (κ3) is 5.11. The number of pyridine rings is 1. The van der Waals surface area contributed by atoms with E-state index in [4.69, 9.17) is 4.98 Å². The Bertz CT molecular complexity index is 1540. The maximum Gasteiger partial charge on any atom is 0.233 e. The van der Waals surface area contributed by atoms with Crippen LogP contribution in [0.15, 0.2) is 47.8 Å². The Labute approximate surface area is 202 Å². The van der Waals surface area contributed by atoms with Crippen LogP contribution in [0.1, 0.15) is 35.2 Å². The van der Waals surface area contributed by atoms with Crippen LogP contribution in [0.25, 0.3) is 16.6 Å². The first-order valence-electron chi connectivity index (χ1n) is 10.7. The summed E-state index contributed by atoms with van der Waals surface area (Å²) in [5, 5.41) is 11.4. The van der Waals surface area contributed by atoms with Crippen molar-refractivity contribution in [3.63, 3.8) is 0 Å². The molecule has 0 saturated carbocycles. The van der Waals surface area contributed by atoms with Gasteiger partial charge in [0.05, 0.1) is 23.6 Å². The quantitative estimate of drug-likeness (QED) is 0.296. The second kappa shape index (κ2) is 9.52. The predicted octanol–water partition coefficient (Wildman–Crippen LogP) is 3.55. The van der Waals surface area contributed by atoms with E-state index in [1.165, 1.54) is 33.8 Å². The first kappa shape index (κ1) is 23.9. The number of aryl methyl sites for hydroxylation is 2. The molecule has 0 spiro atoms. The third-order valence-electron chi connectivity index (χ3n) is 5.56. The third-order valence-corrected chi connectivity index (χ3v) is 7.25. The van der Waals surface area contributed by atoms with Crippen molar-refractivity contribution < 1.29 is 13.2 Å². The van der Waals surface area contributed by atoms with E-state index >= 15 is 0 Å². The van der Waals surface area contributed by atoms with Gasteiger partial charge in [0.25, 0.3) is 0 Å². The number of nitrogens with one attached hydrogen (secondary N) is 1. The highest BCUT2D eigenvalue weighted by molar-refractivity contribution is 7.99. The van der Waals surface area contributed by atoms with Crippen LogP contribution in [0.2, 0.25) is 0 Å². The number of rotatable bonds is 8. The molecule has 0 aliphatic rings. The van der Waals surface area contributed by atoms with Crippen molar-refractivity contribution in [2.75, 3.05) is 12.0 Å². The van der Waals surface area contributed by atoms with Gasteiger partial charge in [0, 0.05) is 48.9 Å². The number of carbonyl (C=O) groups is 1. The molecule has 0 aliphatic heterocycles. The van der Waals surface area contributed by atoms with Crippen molar-refractivity contribution in [3.8, 4) is 6.07 Å². The number of nitriles is 1. The molecule has 4 rings (SSSR count). The van der Waals surface area contributed by atoms with Crippen molar-refractivity contribution >= 4 is 44.2 Å². The van der Waals surface area contributed by atoms with Crippen LogP contribution in [0, 0.1) is 18.3 Å². The second-order valence-electron chi connectivity index (χ2n) is 8.28. The van der Waals surface area contributed by atoms with Gasteiger partial charge < -0.3 is 8.97 Å². The molecule has 0 radical (unpaired) electrons. The number of nitrogens with zero attached hydrogens (tertiary/aromatic N) is 4. The lowest BCUT2D eigenvalue weighted by atomic mass is 10.0. The SMILES string of the molecule is Cc1cccc2c1c(Cc1c(SCCCC(=O)NS(C)(=O)=O)nc3cc(C#N)ccn13)cn2C. The summed E-state index contributed by atoms with van der Waals surface area (Å²) in [4.78, 5) is 16.6. The zero-order valence-electron chi connectivity index (χ0n) is 19.2. The largest absolute Gasteiger partial charge is 0.350 e. The highest BCUT2D eigenvalue weighted by atomic mass is 32.2. The van der Waals surface area contributed by atoms with Crippen LogP contribution in [0.5, 0.6) is 0 Å². The topological polar surface area (TPSA) is 109 Å². The van der Waals surface area contributed by atoms with Crippen LogP contribution in [-0.2, 0) is 28.3 Å². The zero-order valence-corrected chi connectivity index (χ0v) is 20.8. The van der Waals surface area contributed by atoms with Crippen LogP contribution < -0.4 is 4.72 Å². The van der Waals surface area contributed by atoms with E-state index in [0.29, 0.717) is 29.8 Å². The molecule has 0 aliphatic carbocycles. The number of amides is 1. The fraction of sp³-hybridized carbons (Fsp3) is 0.292. The average molecular weight is 496 g/mol. The molecule has 176 valence electrons. The smallest absolute Gasteiger partial charge is 0.233 e. The fourth-order valence-electron chi connectivity index (χ4n) is 4.13. The minimum atomic E-state index is -3.55. The summed E-state index contributed by atoms with van der Waals surface area (Å²) >= 11 is 1.53. The molecule has 34 heavy (non-hydrogen) atoms. The van der Waals surface area contributed by atoms with Gasteiger partial charge in [-0.05, 0) is 42.7 Å². The van der Waals surface area contributed by atoms with E-state index in [1.54, 1.807) is 12.1 Å². The van der Waals surface area contributed by atoms with Crippen molar-refractivity contribution in [2.45, 2.75) is 31.2 Å². The standard InChI is InChI=1S/C24H25N5O3S2/c1-16-6-4-7-19-23(16)18(15-28(19)2)13-20-24(26-21-12-17(14-25)9-10-29(20)21)33-11-5-8-22(30)27-34(3,31)32/h4,6-7,9-10,12,15H,5,8,11,13H2,1-3H3,(H,27,30). The molecule has 1 N–H and O–H groups in total. The number of aromatic nitrogens is 3. The summed E-state index contributed by atoms with van der Waals surface area (Å²) in [6.45, 7) is 2.11. The van der Waals surface area contributed by atoms with Gasteiger partial charge in [-0.1, -0.05) is 12.1 Å². The summed E-state index contributed by atoms with van der Waals surface area (Å²) < 4.78 is 28.5. The maximum atomic E-state index is 11.8. The fourth-order valence-corrected chi connectivity index (χ4v) is 5.62. The predicted molar refractivity (Wildman–Crippen MR) is 133 cm³/mol. The zero-order chi connectivity index (χ0) is 24.5. The second-order valence-corrected chi connectivity index (χ2v) is 11.1. The number of sulfonamides is 1. The number of carbonyl (C=O) groups excluding carboxylic acids is 1. The van der Waals surface area contributed by atoms with E-state index in [1.807, 2.05) is 22.4 Å². The Balaban J connectivity index is 1.63. The summed E-state index contributed by atoms with van der Waals surface area (Å²) in [5.74, 6) is 0.0940. The summed E-state index contributed by atoms with van der Waals surface area (Å²) in [6.07, 6.45) is 6.27. The molecule has 10 heteroatoms. The first-order valence-corrected chi connectivity index (χ1v) is 13.6. The summed E-state index contributed by atoms with van der Waals surface area (Å²) in [7, 11) is -1.51. The Hall–Kier alpha value is -3.29. The summed E-state index contributed by atoms with van der Waals surface area (Å²) in [6, 6.07) is 12.0. The van der Waals surface area contributed by atoms with E-state index < -0.39 is 15.9 Å². The minimum Gasteiger partial charge on any atom is -0.350 e. The van der Waals surface area contributed by atoms with Gasteiger partial charge in [-0.25, -0.2) is 13.4 Å². The van der Waals surface area contributed by atoms with E-state index in [9.17, 15) is 18.5 Å². The number of thioether (sulfide) groups is 1. The van der Waals surface area contributed by atoms with E-state index in [0.717, 1.165) is 17.0 Å². The highest BCUT2D eigenvalue weighted by Gasteiger charge is 2.18. The number of hydrogen-bond donors (Lipinski definition) is 1. The first-order chi connectivity index (χ1) is 16.2. The van der Waals surface area contributed by atoms with Gasteiger partial charge in [-0.2, -0.15) is 5.26 Å². The van der Waals surface area contributed by atoms with Gasteiger partial charge in [-0.3, -0.25) is 9.52 Å². The van der Waals surface area contributed by atoms with Crippen molar-refractivity contribution in [2.24, 2.45) is 7.05 Å².